The van der Waals surface area contributed by atoms with Gasteiger partial charge in [0.05, 0.1) is 0 Å². The molecule has 0 unspecified atom stereocenters. The van der Waals surface area contributed by atoms with Crippen molar-refractivity contribution in [3.05, 3.63) is 29.6 Å². The van der Waals surface area contributed by atoms with Crippen LogP contribution in [0.2, 0.25) is 0 Å². The summed E-state index contributed by atoms with van der Waals surface area (Å²) in [6.45, 7) is 0.394. The Labute approximate surface area is 112 Å². The molecule has 4 nitrogen and oxygen atoms in total. The Morgan fingerprint density at radius 2 is 2.21 bits per heavy atom. The van der Waals surface area contributed by atoms with Crippen LogP contribution in [0.15, 0.2) is 18.2 Å². The fourth-order valence-electron chi connectivity index (χ4n) is 1.93. The summed E-state index contributed by atoms with van der Waals surface area (Å²) < 4.78 is 18.7. The maximum Gasteiger partial charge on any atom is 0.260 e. The molecule has 1 aromatic carbocycles. The van der Waals surface area contributed by atoms with E-state index in [9.17, 15) is 9.18 Å². The van der Waals surface area contributed by atoms with E-state index in [0.29, 0.717) is 24.8 Å². The normalized spacial score (nSPS) is 14.3. The largest absolute Gasteiger partial charge is 0.484 e. The summed E-state index contributed by atoms with van der Waals surface area (Å²) in [6, 6.07) is 4.79. The van der Waals surface area contributed by atoms with Crippen molar-refractivity contribution in [2.24, 2.45) is 5.73 Å². The predicted molar refractivity (Wildman–Crippen MR) is 70.4 cm³/mol. The predicted octanol–water partition coefficient (Wildman–Crippen LogP) is 1.33. The number of hydrogen-bond donors (Lipinski definition) is 1. The van der Waals surface area contributed by atoms with E-state index in [2.05, 4.69) is 0 Å². The third kappa shape index (κ3) is 3.92. The van der Waals surface area contributed by atoms with Crippen molar-refractivity contribution in [1.82, 2.24) is 4.90 Å². The molecule has 1 aliphatic rings. The molecule has 1 fully saturated rings. The van der Waals surface area contributed by atoms with Crippen LogP contribution in [0.25, 0.3) is 0 Å². The number of rotatable bonds is 6. The van der Waals surface area contributed by atoms with E-state index in [-0.39, 0.29) is 18.3 Å². The number of likely N-dealkylation sites (N-methyl/N-ethyl adjacent to an activating group) is 1. The van der Waals surface area contributed by atoms with Crippen LogP contribution < -0.4 is 10.5 Å². The number of nitrogens with two attached hydrogens (primary N) is 1. The molecule has 0 heterocycles. The highest BCUT2D eigenvalue weighted by atomic mass is 19.1. The van der Waals surface area contributed by atoms with Crippen molar-refractivity contribution in [1.29, 1.82) is 0 Å². The molecule has 0 aromatic heterocycles. The Kier molecular flexibility index (Phi) is 4.37. The first-order valence-corrected chi connectivity index (χ1v) is 6.48. The first-order valence-electron chi connectivity index (χ1n) is 6.48. The van der Waals surface area contributed by atoms with Crippen LogP contribution in [0.3, 0.4) is 0 Å². The molecule has 19 heavy (non-hydrogen) atoms. The molecule has 1 amide bonds. The standard InChI is InChI=1S/C14H19FN2O2/c1-17(12-2-3-12)14(18)9-19-13-7-10(4-5-16)6-11(15)8-13/h6-8,12H,2-5,9,16H2,1H3. The van der Waals surface area contributed by atoms with Crippen LogP contribution in [0, 0.1) is 5.82 Å². The summed E-state index contributed by atoms with van der Waals surface area (Å²) in [6.07, 6.45) is 2.70. The summed E-state index contributed by atoms with van der Waals surface area (Å²) in [4.78, 5) is 13.5. The SMILES string of the molecule is CN(C(=O)COc1cc(F)cc(CCN)c1)C1CC1. The van der Waals surface area contributed by atoms with E-state index >= 15 is 0 Å². The van der Waals surface area contributed by atoms with Gasteiger partial charge in [-0.1, -0.05) is 0 Å². The number of carbonyl (C=O) groups excluding carboxylic acids is 1. The Morgan fingerprint density at radius 1 is 1.47 bits per heavy atom. The Bertz CT molecular complexity index is 461. The molecule has 1 saturated carbocycles. The summed E-state index contributed by atoms with van der Waals surface area (Å²) in [7, 11) is 1.77. The number of halogens is 1. The third-order valence-electron chi connectivity index (χ3n) is 3.21. The lowest BCUT2D eigenvalue weighted by molar-refractivity contribution is -0.132. The van der Waals surface area contributed by atoms with E-state index in [1.165, 1.54) is 12.1 Å². The zero-order valence-electron chi connectivity index (χ0n) is 11.1. The van der Waals surface area contributed by atoms with E-state index in [4.69, 9.17) is 10.5 Å². The molecule has 0 radical (unpaired) electrons. The monoisotopic (exact) mass is 266 g/mol. The second-order valence-electron chi connectivity index (χ2n) is 4.86. The highest BCUT2D eigenvalue weighted by Crippen LogP contribution is 2.25. The summed E-state index contributed by atoms with van der Waals surface area (Å²) >= 11 is 0. The number of hydrogen-bond acceptors (Lipinski definition) is 3. The minimum absolute atomic E-state index is 0.0570. The van der Waals surface area contributed by atoms with E-state index in [1.54, 1.807) is 18.0 Å². The van der Waals surface area contributed by atoms with Gasteiger partial charge in [-0.25, -0.2) is 4.39 Å². The number of benzene rings is 1. The lowest BCUT2D eigenvalue weighted by atomic mass is 10.1. The fraction of sp³-hybridized carbons (Fsp3) is 0.500. The van der Waals surface area contributed by atoms with Gasteiger partial charge >= 0.3 is 0 Å². The maximum atomic E-state index is 13.4. The zero-order valence-corrected chi connectivity index (χ0v) is 11.1. The van der Waals surface area contributed by atoms with Crippen molar-refractivity contribution in [3.8, 4) is 5.75 Å². The van der Waals surface area contributed by atoms with Gasteiger partial charge in [0.1, 0.15) is 11.6 Å². The lowest BCUT2D eigenvalue weighted by Gasteiger charge is -2.16. The van der Waals surface area contributed by atoms with Gasteiger partial charge in [-0.2, -0.15) is 0 Å². The van der Waals surface area contributed by atoms with Crippen LogP contribution in [0.1, 0.15) is 18.4 Å². The highest BCUT2D eigenvalue weighted by molar-refractivity contribution is 5.78. The average Bonchev–Trinajstić information content (AvgIpc) is 3.19. The molecule has 2 rings (SSSR count). The number of nitrogens with zero attached hydrogens (tertiary/aromatic N) is 1. The van der Waals surface area contributed by atoms with E-state index < -0.39 is 0 Å². The molecule has 0 atom stereocenters. The van der Waals surface area contributed by atoms with Gasteiger partial charge in [0.25, 0.3) is 5.91 Å². The molecule has 2 N–H and O–H groups in total. The van der Waals surface area contributed by atoms with Gasteiger partial charge in [-0.15, -0.1) is 0 Å². The van der Waals surface area contributed by atoms with Crippen molar-refractivity contribution in [2.45, 2.75) is 25.3 Å². The molecule has 1 aliphatic carbocycles. The molecule has 0 spiro atoms. The van der Waals surface area contributed by atoms with Crippen LogP contribution in [0.5, 0.6) is 5.75 Å². The van der Waals surface area contributed by atoms with Gasteiger partial charge in [0, 0.05) is 19.2 Å². The minimum Gasteiger partial charge on any atom is -0.484 e. The first-order chi connectivity index (χ1) is 9.10. The summed E-state index contributed by atoms with van der Waals surface area (Å²) in [5, 5.41) is 0. The molecule has 1 aromatic rings. The zero-order chi connectivity index (χ0) is 13.8. The molecule has 0 bridgehead atoms. The second kappa shape index (κ2) is 6.02. The van der Waals surface area contributed by atoms with Gasteiger partial charge < -0.3 is 15.4 Å². The summed E-state index contributed by atoms with van der Waals surface area (Å²) in [5.74, 6) is -0.0721. The first kappa shape index (κ1) is 13.8. The second-order valence-corrected chi connectivity index (χ2v) is 4.86. The smallest absolute Gasteiger partial charge is 0.260 e. The summed E-state index contributed by atoms with van der Waals surface area (Å²) in [5.41, 5.74) is 6.22. The maximum absolute atomic E-state index is 13.4. The number of carbonyl (C=O) groups is 1. The quantitative estimate of drug-likeness (QED) is 0.845. The fourth-order valence-corrected chi connectivity index (χ4v) is 1.93. The molecular weight excluding hydrogens is 247 g/mol. The van der Waals surface area contributed by atoms with Crippen molar-refractivity contribution < 1.29 is 13.9 Å². The molecule has 0 saturated heterocycles. The van der Waals surface area contributed by atoms with Crippen molar-refractivity contribution >= 4 is 5.91 Å². The molecular formula is C14H19FN2O2. The Morgan fingerprint density at radius 3 is 2.84 bits per heavy atom. The van der Waals surface area contributed by atoms with Crippen LogP contribution in [0.4, 0.5) is 4.39 Å². The van der Waals surface area contributed by atoms with Gasteiger partial charge in [-0.05, 0) is 43.5 Å². The van der Waals surface area contributed by atoms with Gasteiger partial charge in [0.2, 0.25) is 0 Å². The van der Waals surface area contributed by atoms with Gasteiger partial charge in [-0.3, -0.25) is 4.79 Å². The van der Waals surface area contributed by atoms with Gasteiger partial charge in [0.15, 0.2) is 6.61 Å². The lowest BCUT2D eigenvalue weighted by Crippen LogP contribution is -2.33. The van der Waals surface area contributed by atoms with E-state index in [1.807, 2.05) is 0 Å². The van der Waals surface area contributed by atoms with Crippen LogP contribution >= 0.6 is 0 Å². The Balaban J connectivity index is 1.92. The minimum atomic E-state index is -0.371. The van der Waals surface area contributed by atoms with Crippen molar-refractivity contribution in [3.63, 3.8) is 0 Å². The molecule has 0 aliphatic heterocycles. The number of amides is 1. The highest BCUT2D eigenvalue weighted by Gasteiger charge is 2.29. The topological polar surface area (TPSA) is 55.6 Å². The average molecular weight is 266 g/mol. The van der Waals surface area contributed by atoms with Crippen molar-refractivity contribution in [2.75, 3.05) is 20.2 Å². The third-order valence-corrected chi connectivity index (χ3v) is 3.21. The van der Waals surface area contributed by atoms with Crippen LogP contribution in [-0.4, -0.2) is 37.0 Å². The van der Waals surface area contributed by atoms with E-state index in [0.717, 1.165) is 18.4 Å². The molecule has 5 heteroatoms. The van der Waals surface area contributed by atoms with Crippen LogP contribution in [-0.2, 0) is 11.2 Å². The molecule has 104 valence electrons. The number of ether oxygens (including phenoxy) is 1. The Hall–Kier alpha value is -1.62.